The molecule has 3 aromatic heterocycles. The normalized spacial score (nSPS) is 18.1. The monoisotopic (exact) mass is 1260 g/mol. The van der Waals surface area contributed by atoms with E-state index in [0.717, 1.165) is 29.4 Å². The third-order valence-electron chi connectivity index (χ3n) is 17.2. The summed E-state index contributed by atoms with van der Waals surface area (Å²) in [4.78, 5) is 124. The minimum Gasteiger partial charge on any atom is -0.508 e. The highest BCUT2D eigenvalue weighted by molar-refractivity contribution is 6.12. The Labute approximate surface area is 526 Å². The highest BCUT2D eigenvalue weighted by Crippen LogP contribution is 2.43. The SMILES string of the molecule is CCc1c2c(nc3ccc(O)cc13)-c1cc3c(c(=O)n1C2)COC(=O)C3(CC)OC(=O)OCc1ccc(NC(=O)C(CCCCN)NC(=O)COCC(=O)NC(C)(C)CCOC(C)(C)CCn2cc(CNC(=O)C3CCC(CN4C(=O)C=CC4=O)CC3)nn2)cc1. The number of aromatic nitrogens is 5. The minimum atomic E-state index is -2.01. The van der Waals surface area contributed by atoms with E-state index in [9.17, 15) is 48.3 Å². The molecule has 26 heteroatoms. The van der Waals surface area contributed by atoms with E-state index in [-0.39, 0.29) is 85.6 Å². The van der Waals surface area contributed by atoms with Crippen LogP contribution in [0.1, 0.15) is 139 Å². The first-order valence-electron chi connectivity index (χ1n) is 31.1. The van der Waals surface area contributed by atoms with Crippen LogP contribution in [-0.4, -0.2) is 132 Å². The van der Waals surface area contributed by atoms with E-state index in [0.29, 0.717) is 105 Å². The number of ether oxygens (including phenoxy) is 5. The molecule has 0 bridgehead atoms. The van der Waals surface area contributed by atoms with Crippen molar-refractivity contribution < 1.29 is 67.1 Å². The van der Waals surface area contributed by atoms with Gasteiger partial charge in [-0.2, -0.15) is 0 Å². The van der Waals surface area contributed by atoms with E-state index in [1.54, 1.807) is 70.9 Å². The maximum atomic E-state index is 14.1. The van der Waals surface area contributed by atoms with Gasteiger partial charge in [0.15, 0.2) is 0 Å². The average Bonchev–Trinajstić information content (AvgIpc) is 1.66. The number of anilines is 1. The topological polar surface area (TPSA) is 346 Å². The number of hydrogen-bond donors (Lipinski definition) is 6. The number of imide groups is 1. The number of carbonyl (C=O) groups is 8. The van der Waals surface area contributed by atoms with E-state index in [2.05, 4.69) is 31.6 Å². The Morgan fingerprint density at radius 3 is 2.35 bits per heavy atom. The molecule has 0 radical (unpaired) electrons. The van der Waals surface area contributed by atoms with E-state index < -0.39 is 71.4 Å². The van der Waals surface area contributed by atoms with Crippen molar-refractivity contribution in [2.75, 3.05) is 38.2 Å². The molecule has 26 nitrogen and oxygen atoms in total. The van der Waals surface area contributed by atoms with Gasteiger partial charge in [-0.1, -0.05) is 31.2 Å². The third-order valence-corrected chi connectivity index (χ3v) is 17.2. The number of benzene rings is 2. The van der Waals surface area contributed by atoms with Gasteiger partial charge in [0.25, 0.3) is 17.4 Å². The zero-order chi connectivity index (χ0) is 65.2. The Morgan fingerprint density at radius 2 is 1.64 bits per heavy atom. The first-order chi connectivity index (χ1) is 43.5. The largest absolute Gasteiger partial charge is 0.510 e. The molecule has 2 unspecified atom stereocenters. The molecule has 6 amide bonds. The lowest BCUT2D eigenvalue weighted by molar-refractivity contribution is -0.175. The van der Waals surface area contributed by atoms with Crippen LogP contribution in [0.25, 0.3) is 22.3 Å². The molecule has 486 valence electrons. The van der Waals surface area contributed by atoms with Gasteiger partial charge in [0.2, 0.25) is 29.2 Å². The van der Waals surface area contributed by atoms with Crippen molar-refractivity contribution in [3.8, 4) is 17.1 Å². The number of phenolic OH excluding ortho intramolecular Hbond substituents is 1. The third kappa shape index (κ3) is 16.2. The lowest BCUT2D eigenvalue weighted by atomic mass is 9.81. The molecule has 5 aromatic rings. The molecule has 1 aliphatic carbocycles. The predicted molar refractivity (Wildman–Crippen MR) is 330 cm³/mol. The van der Waals surface area contributed by atoms with Crippen LogP contribution in [0, 0.1) is 11.8 Å². The van der Waals surface area contributed by atoms with Gasteiger partial charge in [0.1, 0.15) is 43.9 Å². The Bertz CT molecular complexity index is 3640. The molecule has 91 heavy (non-hydrogen) atoms. The molecule has 0 spiro atoms. The predicted octanol–water partition coefficient (Wildman–Crippen LogP) is 5.39. The van der Waals surface area contributed by atoms with Gasteiger partial charge >= 0.3 is 12.1 Å². The number of nitrogens with zero attached hydrogens (tertiary/aromatic N) is 6. The molecule has 9 rings (SSSR count). The summed E-state index contributed by atoms with van der Waals surface area (Å²) in [5.41, 5.74) is 7.27. The molecule has 1 fully saturated rings. The summed E-state index contributed by atoms with van der Waals surface area (Å²) < 4.78 is 31.8. The second-order valence-electron chi connectivity index (χ2n) is 24.8. The van der Waals surface area contributed by atoms with Crippen molar-refractivity contribution in [1.29, 1.82) is 0 Å². The summed E-state index contributed by atoms with van der Waals surface area (Å²) >= 11 is 0. The van der Waals surface area contributed by atoms with E-state index in [1.165, 1.54) is 17.1 Å². The molecule has 0 saturated heterocycles. The fraction of sp³-hybridized carbons (Fsp3) is 0.508. The number of fused-ring (bicyclic) bond motifs is 5. The number of cyclic esters (lactones) is 1. The van der Waals surface area contributed by atoms with Crippen molar-refractivity contribution >= 4 is 64.2 Å². The second kappa shape index (κ2) is 28.9. The molecule has 3 aliphatic heterocycles. The summed E-state index contributed by atoms with van der Waals surface area (Å²) in [5.74, 6) is -2.93. The molecule has 7 N–H and O–H groups in total. The average molecular weight is 1260 g/mol. The van der Waals surface area contributed by atoms with Crippen LogP contribution < -0.4 is 32.6 Å². The van der Waals surface area contributed by atoms with Gasteiger partial charge in [-0.25, -0.2) is 14.6 Å². The Morgan fingerprint density at radius 1 is 0.901 bits per heavy atom. The zero-order valence-corrected chi connectivity index (χ0v) is 52.4. The maximum absolute atomic E-state index is 14.1. The summed E-state index contributed by atoms with van der Waals surface area (Å²) in [6, 6.07) is 12.0. The minimum absolute atomic E-state index is 0.0540. The van der Waals surface area contributed by atoms with Gasteiger partial charge in [0, 0.05) is 65.5 Å². The highest BCUT2D eigenvalue weighted by atomic mass is 16.7. The van der Waals surface area contributed by atoms with Crippen molar-refractivity contribution in [3.63, 3.8) is 0 Å². The lowest BCUT2D eigenvalue weighted by Crippen LogP contribution is -2.47. The number of nitrogens with two attached hydrogens (primary N) is 1. The van der Waals surface area contributed by atoms with Crippen LogP contribution in [0.4, 0.5) is 10.5 Å². The Kier molecular flexibility index (Phi) is 21.2. The summed E-state index contributed by atoms with van der Waals surface area (Å²) in [6.07, 6.45) is 9.03. The number of esters is 1. The number of unbranched alkanes of at least 4 members (excludes halogenated alkanes) is 1. The smallest absolute Gasteiger partial charge is 0.508 e. The molecular formula is C65H81N11O15. The van der Waals surface area contributed by atoms with Gasteiger partial charge < -0.3 is 60.4 Å². The molecule has 2 atom stereocenters. The van der Waals surface area contributed by atoms with Gasteiger partial charge in [-0.3, -0.25) is 43.1 Å². The number of hydrogen-bond acceptors (Lipinski definition) is 19. The second-order valence-corrected chi connectivity index (χ2v) is 24.8. The fourth-order valence-corrected chi connectivity index (χ4v) is 12.0. The number of nitrogens with one attached hydrogen (secondary N) is 4. The number of phenols is 1. The zero-order valence-electron chi connectivity index (χ0n) is 52.4. The molecular weight excluding hydrogens is 1170 g/mol. The van der Waals surface area contributed by atoms with E-state index in [1.807, 2.05) is 34.6 Å². The number of aryl methyl sites for hydroxylation is 2. The molecule has 1 saturated carbocycles. The number of rotatable bonds is 29. The Hall–Kier alpha value is -8.88. The van der Waals surface area contributed by atoms with Gasteiger partial charge in [-0.05, 0) is 158 Å². The fourth-order valence-electron chi connectivity index (χ4n) is 12.0. The van der Waals surface area contributed by atoms with Crippen LogP contribution in [0.2, 0.25) is 0 Å². The first-order valence-corrected chi connectivity index (χ1v) is 31.1. The van der Waals surface area contributed by atoms with Crippen molar-refractivity contribution in [2.45, 2.75) is 168 Å². The summed E-state index contributed by atoms with van der Waals surface area (Å²) in [5, 5.41) is 30.9. The van der Waals surface area contributed by atoms with E-state index >= 15 is 0 Å². The number of amides is 6. The van der Waals surface area contributed by atoms with Gasteiger partial charge in [0.05, 0.1) is 47.4 Å². The van der Waals surface area contributed by atoms with Crippen molar-refractivity contribution in [1.82, 2.24) is 45.4 Å². The van der Waals surface area contributed by atoms with Crippen LogP contribution in [0.15, 0.2) is 71.7 Å². The van der Waals surface area contributed by atoms with Crippen LogP contribution in [0.3, 0.4) is 0 Å². The van der Waals surface area contributed by atoms with Crippen molar-refractivity contribution in [3.05, 3.63) is 111 Å². The molecule has 4 aliphatic rings. The standard InChI is InChI=1S/C65H81N11O15/c1-7-45-46-29-44(77)20-21-50(46)70-57-47(45)34-75-52(57)30-49-48(60(75)84)36-88-61(85)65(49,8-2)91-62(86)89-35-40-14-18-42(19-15-40)68-59(83)51(11-9-10-26-66)69-53(78)37-87-38-54(79)71-63(3,4)25-28-90-64(5,6)24-27-74-33-43(72-73-74)31-67-58(82)41-16-12-39(13-17-41)32-76-55(80)22-23-56(76)81/h14-15,18-23,29-30,33,39,41,51,77H,7-13,16-17,24-28,31-32,34-38,66H2,1-6H3,(H,67,82)(H,68,83)(H,69,78)(H,71,79). The quantitative estimate of drug-likeness (QED) is 0.0195. The lowest BCUT2D eigenvalue weighted by Gasteiger charge is -2.35. The number of pyridine rings is 2. The van der Waals surface area contributed by atoms with Crippen molar-refractivity contribution in [2.24, 2.45) is 17.6 Å². The van der Waals surface area contributed by atoms with Crippen LogP contribution in [0.5, 0.6) is 5.75 Å². The number of aromatic hydroxyl groups is 1. The number of carbonyl (C=O) groups excluding carboxylic acids is 8. The summed E-state index contributed by atoms with van der Waals surface area (Å²) in [7, 11) is 0. The van der Waals surface area contributed by atoms with Crippen LogP contribution >= 0.6 is 0 Å². The molecule has 6 heterocycles. The first kappa shape index (κ1) is 66.5. The van der Waals surface area contributed by atoms with Crippen LogP contribution in [-0.2, 0) is 102 Å². The highest BCUT2D eigenvalue weighted by Gasteiger charge is 2.51. The summed E-state index contributed by atoms with van der Waals surface area (Å²) in [6.45, 7) is 11.8. The van der Waals surface area contributed by atoms with E-state index in [4.69, 9.17) is 34.4 Å². The Balaban J connectivity index is 0.678. The van der Waals surface area contributed by atoms with Gasteiger partial charge in [-0.15, -0.1) is 5.10 Å². The maximum Gasteiger partial charge on any atom is 0.510 e. The molecule has 2 aromatic carbocycles.